The van der Waals surface area contributed by atoms with E-state index in [1.165, 1.54) is 0 Å². The molecule has 1 N–H and O–H groups in total. The summed E-state index contributed by atoms with van der Waals surface area (Å²) in [5.41, 5.74) is 2.18. The number of urea groups is 1. The van der Waals surface area contributed by atoms with Gasteiger partial charge in [0.15, 0.2) is 0 Å². The molecule has 5 nitrogen and oxygen atoms in total. The number of rotatable bonds is 6. The lowest BCUT2D eigenvalue weighted by atomic mass is 10.2. The highest BCUT2D eigenvalue weighted by atomic mass is 16.2. The van der Waals surface area contributed by atoms with Gasteiger partial charge in [0.05, 0.1) is 0 Å². The molecule has 0 spiro atoms. The van der Waals surface area contributed by atoms with Crippen molar-refractivity contribution in [1.29, 1.82) is 0 Å². The Morgan fingerprint density at radius 1 is 1.41 bits per heavy atom. The first-order valence-corrected chi connectivity index (χ1v) is 8.32. The molecule has 1 atom stereocenters. The predicted octanol–water partition coefficient (Wildman–Crippen LogP) is 2.06. The lowest BCUT2D eigenvalue weighted by Crippen LogP contribution is -2.42. The second kappa shape index (κ2) is 8.13. The summed E-state index contributed by atoms with van der Waals surface area (Å²) in [6, 6.07) is 4.66. The van der Waals surface area contributed by atoms with Gasteiger partial charge in [0.1, 0.15) is 0 Å². The van der Waals surface area contributed by atoms with Gasteiger partial charge < -0.3 is 10.2 Å². The van der Waals surface area contributed by atoms with E-state index in [2.05, 4.69) is 35.1 Å². The van der Waals surface area contributed by atoms with Crippen LogP contribution in [0.2, 0.25) is 0 Å². The van der Waals surface area contributed by atoms with Crippen molar-refractivity contribution in [2.45, 2.75) is 39.7 Å². The molecule has 122 valence electrons. The van der Waals surface area contributed by atoms with E-state index in [-0.39, 0.29) is 6.03 Å². The van der Waals surface area contributed by atoms with Crippen LogP contribution in [-0.2, 0) is 6.42 Å². The number of aryl methyl sites for hydroxylation is 1. The summed E-state index contributed by atoms with van der Waals surface area (Å²) in [4.78, 5) is 20.9. The fourth-order valence-corrected chi connectivity index (χ4v) is 3.04. The van der Waals surface area contributed by atoms with Crippen LogP contribution in [0.3, 0.4) is 0 Å². The highest BCUT2D eigenvalue weighted by molar-refractivity contribution is 5.74. The first-order chi connectivity index (χ1) is 10.6. The molecule has 0 aromatic carbocycles. The van der Waals surface area contributed by atoms with Gasteiger partial charge in [-0.2, -0.15) is 0 Å². The Morgan fingerprint density at radius 2 is 2.18 bits per heavy atom. The summed E-state index contributed by atoms with van der Waals surface area (Å²) in [7, 11) is 0. The van der Waals surface area contributed by atoms with Crippen molar-refractivity contribution in [3.05, 3.63) is 29.6 Å². The molecule has 2 amide bonds. The van der Waals surface area contributed by atoms with Crippen molar-refractivity contribution in [3.8, 4) is 0 Å². The Balaban J connectivity index is 1.73. The standard InChI is InChI=1S/C17H28N4O/c1-4-20(5-2)16-9-11-21(13-16)17(22)18-10-8-15-7-6-14(3)19-12-15/h6-7,12,16H,4-5,8-11,13H2,1-3H3,(H,18,22). The number of pyridine rings is 1. The SMILES string of the molecule is CCN(CC)C1CCN(C(=O)NCCc2ccc(C)nc2)C1. The molecule has 1 aliphatic rings. The van der Waals surface area contributed by atoms with E-state index >= 15 is 0 Å². The lowest BCUT2D eigenvalue weighted by Gasteiger charge is -2.26. The predicted molar refractivity (Wildman–Crippen MR) is 89.0 cm³/mol. The monoisotopic (exact) mass is 304 g/mol. The minimum absolute atomic E-state index is 0.0646. The number of carbonyl (C=O) groups is 1. The minimum Gasteiger partial charge on any atom is -0.338 e. The van der Waals surface area contributed by atoms with E-state index in [1.807, 2.05) is 24.1 Å². The van der Waals surface area contributed by atoms with E-state index in [0.717, 1.165) is 50.3 Å². The number of nitrogens with one attached hydrogen (secondary N) is 1. The molecule has 2 heterocycles. The van der Waals surface area contributed by atoms with E-state index in [9.17, 15) is 4.79 Å². The van der Waals surface area contributed by atoms with Crippen LogP contribution in [0.1, 0.15) is 31.5 Å². The van der Waals surface area contributed by atoms with E-state index in [1.54, 1.807) is 0 Å². The van der Waals surface area contributed by atoms with Crippen LogP contribution in [0, 0.1) is 6.92 Å². The molecule has 22 heavy (non-hydrogen) atoms. The van der Waals surface area contributed by atoms with Crippen LogP contribution in [0.4, 0.5) is 4.79 Å². The quantitative estimate of drug-likeness (QED) is 0.875. The maximum atomic E-state index is 12.2. The van der Waals surface area contributed by atoms with Gasteiger partial charge in [-0.05, 0) is 44.5 Å². The van der Waals surface area contributed by atoms with Gasteiger partial charge in [-0.3, -0.25) is 9.88 Å². The van der Waals surface area contributed by atoms with Crippen LogP contribution in [0.25, 0.3) is 0 Å². The van der Waals surface area contributed by atoms with Crippen LogP contribution >= 0.6 is 0 Å². The maximum Gasteiger partial charge on any atom is 0.317 e. The van der Waals surface area contributed by atoms with Crippen molar-refractivity contribution < 1.29 is 4.79 Å². The molecule has 1 aromatic heterocycles. The average molecular weight is 304 g/mol. The number of carbonyl (C=O) groups excluding carboxylic acids is 1. The molecular formula is C17H28N4O. The van der Waals surface area contributed by atoms with Gasteiger partial charge in [0.2, 0.25) is 0 Å². The van der Waals surface area contributed by atoms with E-state index in [0.29, 0.717) is 12.6 Å². The van der Waals surface area contributed by atoms with Gasteiger partial charge in [-0.15, -0.1) is 0 Å². The molecule has 2 rings (SSSR count). The normalized spacial score (nSPS) is 18.0. The van der Waals surface area contributed by atoms with Crippen LogP contribution in [-0.4, -0.2) is 59.6 Å². The molecule has 0 bridgehead atoms. The first-order valence-electron chi connectivity index (χ1n) is 8.32. The number of likely N-dealkylation sites (tertiary alicyclic amines) is 1. The lowest BCUT2D eigenvalue weighted by molar-refractivity contribution is 0.193. The molecule has 0 saturated carbocycles. The van der Waals surface area contributed by atoms with E-state index < -0.39 is 0 Å². The van der Waals surface area contributed by atoms with Crippen molar-refractivity contribution in [2.75, 3.05) is 32.7 Å². The zero-order chi connectivity index (χ0) is 15.9. The van der Waals surface area contributed by atoms with Gasteiger partial charge in [0, 0.05) is 37.6 Å². The van der Waals surface area contributed by atoms with Crippen LogP contribution in [0.5, 0.6) is 0 Å². The van der Waals surface area contributed by atoms with Gasteiger partial charge in [-0.25, -0.2) is 4.79 Å². The number of likely N-dealkylation sites (N-methyl/N-ethyl adjacent to an activating group) is 1. The largest absolute Gasteiger partial charge is 0.338 e. The molecule has 1 aromatic rings. The first kappa shape index (κ1) is 16.7. The Bertz CT molecular complexity index is 470. The van der Waals surface area contributed by atoms with Crippen molar-refractivity contribution in [2.24, 2.45) is 0 Å². The fourth-order valence-electron chi connectivity index (χ4n) is 3.04. The third-order valence-corrected chi connectivity index (χ3v) is 4.44. The number of nitrogens with zero attached hydrogens (tertiary/aromatic N) is 3. The maximum absolute atomic E-state index is 12.2. The Kier molecular flexibility index (Phi) is 6.19. The third-order valence-electron chi connectivity index (χ3n) is 4.44. The molecule has 1 unspecified atom stereocenters. The molecule has 0 radical (unpaired) electrons. The van der Waals surface area contributed by atoms with Crippen molar-refractivity contribution in [3.63, 3.8) is 0 Å². The smallest absolute Gasteiger partial charge is 0.317 e. The summed E-state index contributed by atoms with van der Waals surface area (Å²) < 4.78 is 0. The van der Waals surface area contributed by atoms with Gasteiger partial charge in [0.25, 0.3) is 0 Å². The van der Waals surface area contributed by atoms with Crippen LogP contribution < -0.4 is 5.32 Å². The average Bonchev–Trinajstić information content (AvgIpc) is 3.00. The molecule has 0 aliphatic carbocycles. The summed E-state index contributed by atoms with van der Waals surface area (Å²) in [5.74, 6) is 0. The molecule has 1 saturated heterocycles. The summed E-state index contributed by atoms with van der Waals surface area (Å²) in [6.07, 6.45) is 3.79. The van der Waals surface area contributed by atoms with Crippen LogP contribution in [0.15, 0.2) is 18.3 Å². The van der Waals surface area contributed by atoms with Crippen molar-refractivity contribution in [1.82, 2.24) is 20.1 Å². The molecular weight excluding hydrogens is 276 g/mol. The second-order valence-electron chi connectivity index (χ2n) is 5.90. The summed E-state index contributed by atoms with van der Waals surface area (Å²) in [5, 5.41) is 3.02. The second-order valence-corrected chi connectivity index (χ2v) is 5.90. The molecule has 1 aliphatic heterocycles. The summed E-state index contributed by atoms with van der Waals surface area (Å²) >= 11 is 0. The number of hydrogen-bond acceptors (Lipinski definition) is 3. The summed E-state index contributed by atoms with van der Waals surface area (Å²) in [6.45, 7) is 10.8. The van der Waals surface area contributed by atoms with Gasteiger partial charge in [-0.1, -0.05) is 19.9 Å². The topological polar surface area (TPSA) is 48.5 Å². The number of amides is 2. The number of hydrogen-bond donors (Lipinski definition) is 1. The molecule has 1 fully saturated rings. The Morgan fingerprint density at radius 3 is 2.82 bits per heavy atom. The number of aromatic nitrogens is 1. The van der Waals surface area contributed by atoms with E-state index in [4.69, 9.17) is 0 Å². The highest BCUT2D eigenvalue weighted by Crippen LogP contribution is 2.15. The van der Waals surface area contributed by atoms with Gasteiger partial charge >= 0.3 is 6.03 Å². The highest BCUT2D eigenvalue weighted by Gasteiger charge is 2.28. The fraction of sp³-hybridized carbons (Fsp3) is 0.647. The zero-order valence-corrected chi connectivity index (χ0v) is 14.0. The third kappa shape index (κ3) is 4.44. The molecule has 5 heteroatoms. The Hall–Kier alpha value is -1.62. The zero-order valence-electron chi connectivity index (χ0n) is 14.0. The minimum atomic E-state index is 0.0646. The Labute approximate surface area is 133 Å². The van der Waals surface area contributed by atoms with Crippen molar-refractivity contribution >= 4 is 6.03 Å².